The zero-order valence-electron chi connectivity index (χ0n) is 11.0. The standard InChI is InChI=1S/C16H14BrFO2/c1-2-8-20-15-7-6-12(10-14(15)17)16(19)11-4-3-5-13(18)9-11/h3-7,9-10H,2,8H2,1H3. The molecule has 0 fully saturated rings. The molecule has 0 aliphatic rings. The van der Waals surface area contributed by atoms with E-state index >= 15 is 0 Å². The fourth-order valence-corrected chi connectivity index (χ4v) is 2.26. The molecule has 20 heavy (non-hydrogen) atoms. The van der Waals surface area contributed by atoms with E-state index in [-0.39, 0.29) is 5.78 Å². The number of hydrogen-bond acceptors (Lipinski definition) is 2. The molecule has 0 atom stereocenters. The minimum Gasteiger partial charge on any atom is -0.492 e. The average Bonchev–Trinajstić information content (AvgIpc) is 2.45. The van der Waals surface area contributed by atoms with Gasteiger partial charge in [-0.15, -0.1) is 0 Å². The van der Waals surface area contributed by atoms with Crippen LogP contribution in [0.3, 0.4) is 0 Å². The highest BCUT2D eigenvalue weighted by atomic mass is 79.9. The molecule has 2 nitrogen and oxygen atoms in total. The SMILES string of the molecule is CCCOc1ccc(C(=O)c2cccc(F)c2)cc1Br. The minimum absolute atomic E-state index is 0.216. The molecule has 0 bridgehead atoms. The molecule has 104 valence electrons. The first kappa shape index (κ1) is 14.7. The summed E-state index contributed by atoms with van der Waals surface area (Å²) >= 11 is 3.38. The second-order valence-electron chi connectivity index (χ2n) is 4.33. The number of halogens is 2. The monoisotopic (exact) mass is 336 g/mol. The second-order valence-corrected chi connectivity index (χ2v) is 5.19. The maximum Gasteiger partial charge on any atom is 0.193 e. The molecule has 0 amide bonds. The predicted octanol–water partition coefficient (Wildman–Crippen LogP) is 4.61. The van der Waals surface area contributed by atoms with Gasteiger partial charge in [0.1, 0.15) is 11.6 Å². The molecular formula is C16H14BrFO2. The van der Waals surface area contributed by atoms with Gasteiger partial charge in [-0.1, -0.05) is 19.1 Å². The first-order chi connectivity index (χ1) is 9.61. The quantitative estimate of drug-likeness (QED) is 0.745. The Labute approximate surface area is 125 Å². The van der Waals surface area contributed by atoms with Crippen LogP contribution in [0.25, 0.3) is 0 Å². The van der Waals surface area contributed by atoms with Crippen molar-refractivity contribution in [2.24, 2.45) is 0 Å². The summed E-state index contributed by atoms with van der Waals surface area (Å²) in [5.74, 6) is 0.0627. The summed E-state index contributed by atoms with van der Waals surface area (Å²) in [5.41, 5.74) is 0.824. The Kier molecular flexibility index (Phi) is 4.90. The number of ether oxygens (including phenoxy) is 1. The molecule has 0 aliphatic heterocycles. The van der Waals surface area contributed by atoms with Crippen LogP contribution in [0.5, 0.6) is 5.75 Å². The Balaban J connectivity index is 2.25. The lowest BCUT2D eigenvalue weighted by atomic mass is 10.0. The van der Waals surface area contributed by atoms with Crippen LogP contribution >= 0.6 is 15.9 Å². The molecule has 0 radical (unpaired) electrons. The van der Waals surface area contributed by atoms with Crippen molar-refractivity contribution in [3.63, 3.8) is 0 Å². The molecule has 0 N–H and O–H groups in total. The molecule has 4 heteroatoms. The first-order valence-electron chi connectivity index (χ1n) is 6.34. The Morgan fingerprint density at radius 3 is 2.60 bits per heavy atom. The number of ketones is 1. The van der Waals surface area contributed by atoms with E-state index in [1.165, 1.54) is 18.2 Å². The molecule has 0 saturated heterocycles. The number of rotatable bonds is 5. The van der Waals surface area contributed by atoms with E-state index in [1.807, 2.05) is 6.92 Å². The normalized spacial score (nSPS) is 10.3. The third-order valence-corrected chi connectivity index (χ3v) is 3.36. The van der Waals surface area contributed by atoms with Gasteiger partial charge in [-0.2, -0.15) is 0 Å². The zero-order valence-corrected chi connectivity index (χ0v) is 12.6. The van der Waals surface area contributed by atoms with E-state index in [1.54, 1.807) is 24.3 Å². The van der Waals surface area contributed by atoms with Gasteiger partial charge in [0.15, 0.2) is 5.78 Å². The van der Waals surface area contributed by atoms with Gasteiger partial charge in [0, 0.05) is 11.1 Å². The summed E-state index contributed by atoms with van der Waals surface area (Å²) < 4.78 is 19.4. The van der Waals surface area contributed by atoms with Crippen LogP contribution in [0, 0.1) is 5.82 Å². The van der Waals surface area contributed by atoms with E-state index in [0.29, 0.717) is 28.0 Å². The summed E-state index contributed by atoms with van der Waals surface area (Å²) in [6.45, 7) is 2.64. The van der Waals surface area contributed by atoms with E-state index < -0.39 is 5.82 Å². The van der Waals surface area contributed by atoms with Crippen molar-refractivity contribution in [1.82, 2.24) is 0 Å². The Morgan fingerprint density at radius 1 is 1.20 bits per heavy atom. The first-order valence-corrected chi connectivity index (χ1v) is 7.13. The zero-order chi connectivity index (χ0) is 14.5. The molecule has 0 saturated carbocycles. The molecule has 0 unspecified atom stereocenters. The van der Waals surface area contributed by atoms with Gasteiger partial charge in [-0.3, -0.25) is 4.79 Å². The molecule has 2 rings (SSSR count). The van der Waals surface area contributed by atoms with Crippen molar-refractivity contribution in [2.45, 2.75) is 13.3 Å². The summed E-state index contributed by atoms with van der Waals surface area (Å²) in [4.78, 5) is 12.2. The largest absolute Gasteiger partial charge is 0.492 e. The molecule has 0 aromatic heterocycles. The van der Waals surface area contributed by atoms with E-state index in [9.17, 15) is 9.18 Å². The maximum absolute atomic E-state index is 13.1. The second kappa shape index (κ2) is 6.66. The third kappa shape index (κ3) is 3.45. The lowest BCUT2D eigenvalue weighted by Crippen LogP contribution is -2.03. The molecule has 0 heterocycles. The minimum atomic E-state index is -0.419. The van der Waals surface area contributed by atoms with Crippen LogP contribution in [0.4, 0.5) is 4.39 Å². The van der Waals surface area contributed by atoms with Crippen molar-refractivity contribution in [1.29, 1.82) is 0 Å². The van der Waals surface area contributed by atoms with Gasteiger partial charge in [-0.25, -0.2) is 4.39 Å². The van der Waals surface area contributed by atoms with E-state index in [4.69, 9.17) is 4.74 Å². The van der Waals surface area contributed by atoms with Crippen LogP contribution in [0.15, 0.2) is 46.9 Å². The molecular weight excluding hydrogens is 323 g/mol. The highest BCUT2D eigenvalue weighted by Crippen LogP contribution is 2.27. The Morgan fingerprint density at radius 2 is 1.95 bits per heavy atom. The van der Waals surface area contributed by atoms with Crippen molar-refractivity contribution in [3.8, 4) is 5.75 Å². The fraction of sp³-hybridized carbons (Fsp3) is 0.188. The van der Waals surface area contributed by atoms with Crippen LogP contribution in [0.2, 0.25) is 0 Å². The summed E-state index contributed by atoms with van der Waals surface area (Å²) in [7, 11) is 0. The molecule has 0 aliphatic carbocycles. The topological polar surface area (TPSA) is 26.3 Å². The van der Waals surface area contributed by atoms with Crippen LogP contribution in [-0.4, -0.2) is 12.4 Å². The Hall–Kier alpha value is -1.68. The van der Waals surface area contributed by atoms with Gasteiger partial charge in [0.2, 0.25) is 0 Å². The lowest BCUT2D eigenvalue weighted by Gasteiger charge is -2.08. The van der Waals surface area contributed by atoms with Gasteiger partial charge in [0.25, 0.3) is 0 Å². The third-order valence-electron chi connectivity index (χ3n) is 2.74. The number of carbonyl (C=O) groups is 1. The van der Waals surface area contributed by atoms with Gasteiger partial charge >= 0.3 is 0 Å². The Bertz CT molecular complexity index is 626. The molecule has 2 aromatic rings. The van der Waals surface area contributed by atoms with Crippen molar-refractivity contribution < 1.29 is 13.9 Å². The van der Waals surface area contributed by atoms with Crippen LogP contribution in [-0.2, 0) is 0 Å². The van der Waals surface area contributed by atoms with Crippen molar-refractivity contribution in [3.05, 3.63) is 63.9 Å². The van der Waals surface area contributed by atoms with Gasteiger partial charge < -0.3 is 4.74 Å². The smallest absolute Gasteiger partial charge is 0.193 e. The average molecular weight is 337 g/mol. The van der Waals surface area contributed by atoms with Gasteiger partial charge in [-0.05, 0) is 52.7 Å². The lowest BCUT2D eigenvalue weighted by molar-refractivity contribution is 0.103. The van der Waals surface area contributed by atoms with Crippen molar-refractivity contribution in [2.75, 3.05) is 6.61 Å². The van der Waals surface area contributed by atoms with Crippen LogP contribution < -0.4 is 4.74 Å². The number of hydrogen-bond donors (Lipinski definition) is 0. The number of carbonyl (C=O) groups excluding carboxylic acids is 1. The fourth-order valence-electron chi connectivity index (χ4n) is 1.77. The highest BCUT2D eigenvalue weighted by Gasteiger charge is 2.12. The molecule has 2 aromatic carbocycles. The van der Waals surface area contributed by atoms with Crippen molar-refractivity contribution >= 4 is 21.7 Å². The maximum atomic E-state index is 13.1. The number of benzene rings is 2. The van der Waals surface area contributed by atoms with E-state index in [0.717, 1.165) is 6.42 Å². The predicted molar refractivity (Wildman–Crippen MR) is 79.8 cm³/mol. The van der Waals surface area contributed by atoms with E-state index in [2.05, 4.69) is 15.9 Å². The summed E-state index contributed by atoms with van der Waals surface area (Å²) in [6.07, 6.45) is 0.913. The van der Waals surface area contributed by atoms with Crippen LogP contribution in [0.1, 0.15) is 29.3 Å². The molecule has 0 spiro atoms. The highest BCUT2D eigenvalue weighted by molar-refractivity contribution is 9.10. The summed E-state index contributed by atoms with van der Waals surface area (Å²) in [5, 5.41) is 0. The van der Waals surface area contributed by atoms with Gasteiger partial charge in [0.05, 0.1) is 11.1 Å². The summed E-state index contributed by atoms with van der Waals surface area (Å²) in [6, 6.07) is 10.8.